The zero-order valence-electron chi connectivity index (χ0n) is 18.0. The minimum Gasteiger partial charge on any atom is -0.467 e. The number of halogens is 1. The highest BCUT2D eigenvalue weighted by Crippen LogP contribution is 2.26. The van der Waals surface area contributed by atoms with Crippen LogP contribution in [0.25, 0.3) is 0 Å². The van der Waals surface area contributed by atoms with Crippen molar-refractivity contribution in [1.82, 2.24) is 9.80 Å². The fraction of sp³-hybridized carbons (Fsp3) is 0.375. The Labute approximate surface area is 186 Å². The minimum atomic E-state index is -0.630. The number of piperazine rings is 1. The first-order chi connectivity index (χ1) is 15.5. The van der Waals surface area contributed by atoms with Crippen LogP contribution in [-0.2, 0) is 27.3 Å². The van der Waals surface area contributed by atoms with E-state index in [0.717, 1.165) is 11.1 Å². The van der Waals surface area contributed by atoms with Gasteiger partial charge in [-0.25, -0.2) is 9.18 Å². The minimum absolute atomic E-state index is 0.0462. The predicted molar refractivity (Wildman–Crippen MR) is 116 cm³/mol. The highest BCUT2D eigenvalue weighted by Gasteiger charge is 2.36. The number of hydrogen-bond donors (Lipinski definition) is 0. The molecule has 0 N–H and O–H groups in total. The third kappa shape index (κ3) is 4.30. The molecule has 1 fully saturated rings. The van der Waals surface area contributed by atoms with Gasteiger partial charge in [0, 0.05) is 39.1 Å². The van der Waals surface area contributed by atoms with Crippen molar-refractivity contribution in [3.8, 4) is 6.07 Å². The van der Waals surface area contributed by atoms with E-state index in [4.69, 9.17) is 4.74 Å². The maximum absolute atomic E-state index is 13.9. The van der Waals surface area contributed by atoms with Crippen molar-refractivity contribution in [3.63, 3.8) is 0 Å². The molecule has 2 aromatic rings. The summed E-state index contributed by atoms with van der Waals surface area (Å²) in [7, 11) is 1.34. The molecule has 0 spiro atoms. The van der Waals surface area contributed by atoms with Gasteiger partial charge in [-0.2, -0.15) is 5.26 Å². The van der Waals surface area contributed by atoms with Crippen LogP contribution in [0.5, 0.6) is 0 Å². The molecule has 0 radical (unpaired) electrons. The first-order valence-electron chi connectivity index (χ1n) is 10.6. The van der Waals surface area contributed by atoms with Crippen LogP contribution >= 0.6 is 0 Å². The number of benzene rings is 2. The molecule has 4 rings (SSSR count). The molecule has 166 valence electrons. The molecular formula is C24H25FN4O3. The number of methoxy groups -OCH3 is 1. The maximum Gasteiger partial charge on any atom is 0.328 e. The number of carbonyl (C=O) groups is 2. The van der Waals surface area contributed by atoms with Gasteiger partial charge in [0.1, 0.15) is 23.5 Å². The second-order valence-electron chi connectivity index (χ2n) is 8.04. The molecule has 1 saturated heterocycles. The van der Waals surface area contributed by atoms with Crippen molar-refractivity contribution in [1.29, 1.82) is 5.26 Å². The van der Waals surface area contributed by atoms with Crippen LogP contribution in [0.15, 0.2) is 42.5 Å². The quantitative estimate of drug-likeness (QED) is 0.682. The predicted octanol–water partition coefficient (Wildman–Crippen LogP) is 1.95. The van der Waals surface area contributed by atoms with Gasteiger partial charge >= 0.3 is 5.97 Å². The van der Waals surface area contributed by atoms with Crippen molar-refractivity contribution in [2.24, 2.45) is 0 Å². The molecule has 2 aromatic carbocycles. The van der Waals surface area contributed by atoms with Crippen LogP contribution < -0.4 is 4.90 Å². The van der Waals surface area contributed by atoms with Gasteiger partial charge in [-0.3, -0.25) is 9.69 Å². The Morgan fingerprint density at radius 2 is 1.81 bits per heavy atom. The Kier molecular flexibility index (Phi) is 6.37. The second-order valence-corrected chi connectivity index (χ2v) is 8.04. The van der Waals surface area contributed by atoms with E-state index in [2.05, 4.69) is 0 Å². The lowest BCUT2D eigenvalue weighted by atomic mass is 9.94. The average molecular weight is 436 g/mol. The van der Waals surface area contributed by atoms with Gasteiger partial charge in [0.2, 0.25) is 5.91 Å². The topological polar surface area (TPSA) is 76.9 Å². The summed E-state index contributed by atoms with van der Waals surface area (Å²) in [5.74, 6) is -1.05. The molecule has 7 nitrogen and oxygen atoms in total. The summed E-state index contributed by atoms with van der Waals surface area (Å²) in [6, 6.07) is 13.8. The molecule has 1 unspecified atom stereocenters. The van der Waals surface area contributed by atoms with Crippen LogP contribution in [0.2, 0.25) is 0 Å². The lowest BCUT2D eigenvalue weighted by molar-refractivity contribution is -0.154. The Bertz CT molecular complexity index is 1060. The third-order valence-corrected chi connectivity index (χ3v) is 6.22. The lowest BCUT2D eigenvalue weighted by Crippen LogP contribution is -2.54. The first kappa shape index (κ1) is 21.8. The van der Waals surface area contributed by atoms with Crippen molar-refractivity contribution >= 4 is 17.6 Å². The van der Waals surface area contributed by atoms with E-state index in [1.807, 2.05) is 40.1 Å². The summed E-state index contributed by atoms with van der Waals surface area (Å²) >= 11 is 0. The molecule has 0 aliphatic carbocycles. The smallest absolute Gasteiger partial charge is 0.328 e. The van der Waals surface area contributed by atoms with E-state index in [0.29, 0.717) is 44.8 Å². The Morgan fingerprint density at radius 3 is 2.50 bits per heavy atom. The molecule has 2 heterocycles. The zero-order valence-corrected chi connectivity index (χ0v) is 18.0. The van der Waals surface area contributed by atoms with Crippen LogP contribution in [0.3, 0.4) is 0 Å². The molecule has 0 aromatic heterocycles. The Hall–Kier alpha value is -3.44. The van der Waals surface area contributed by atoms with Crippen LogP contribution in [-0.4, -0.2) is 67.6 Å². The van der Waals surface area contributed by atoms with Gasteiger partial charge in [-0.1, -0.05) is 30.3 Å². The van der Waals surface area contributed by atoms with E-state index >= 15 is 0 Å². The molecule has 1 amide bonds. The van der Waals surface area contributed by atoms with Gasteiger partial charge < -0.3 is 14.5 Å². The molecule has 2 aliphatic rings. The van der Waals surface area contributed by atoms with Crippen molar-refractivity contribution in [3.05, 3.63) is 65.0 Å². The molecule has 32 heavy (non-hydrogen) atoms. The number of hydrogen-bond acceptors (Lipinski definition) is 6. The fourth-order valence-corrected chi connectivity index (χ4v) is 4.45. The normalized spacial score (nSPS) is 18.6. The highest BCUT2D eigenvalue weighted by atomic mass is 19.1. The summed E-state index contributed by atoms with van der Waals surface area (Å²) in [6.07, 6.45) is 0.443. The van der Waals surface area contributed by atoms with Gasteiger partial charge in [0.05, 0.1) is 19.3 Å². The Balaban J connectivity index is 1.42. The molecule has 2 aliphatic heterocycles. The van der Waals surface area contributed by atoms with Gasteiger partial charge in [-0.05, 0) is 23.3 Å². The number of anilines is 1. The number of rotatable bonds is 4. The van der Waals surface area contributed by atoms with Crippen molar-refractivity contribution in [2.45, 2.75) is 19.0 Å². The molecule has 1 atom stereocenters. The monoisotopic (exact) mass is 436 g/mol. The van der Waals surface area contributed by atoms with Gasteiger partial charge in [0.25, 0.3) is 0 Å². The van der Waals surface area contributed by atoms with Crippen LogP contribution in [0.4, 0.5) is 10.1 Å². The summed E-state index contributed by atoms with van der Waals surface area (Å²) in [4.78, 5) is 31.2. The van der Waals surface area contributed by atoms with Crippen molar-refractivity contribution in [2.75, 3.05) is 44.7 Å². The summed E-state index contributed by atoms with van der Waals surface area (Å²) in [6.45, 7) is 2.92. The number of ether oxygens (including phenoxy) is 1. The number of amides is 1. The molecular weight excluding hydrogens is 411 g/mol. The fourth-order valence-electron chi connectivity index (χ4n) is 4.45. The Morgan fingerprint density at radius 1 is 1.09 bits per heavy atom. The maximum atomic E-state index is 13.9. The van der Waals surface area contributed by atoms with E-state index in [9.17, 15) is 19.2 Å². The summed E-state index contributed by atoms with van der Waals surface area (Å²) in [5, 5.41) is 9.29. The van der Waals surface area contributed by atoms with Crippen LogP contribution in [0, 0.1) is 17.1 Å². The third-order valence-electron chi connectivity index (χ3n) is 6.22. The van der Waals surface area contributed by atoms with Crippen LogP contribution in [0.1, 0.15) is 16.7 Å². The lowest BCUT2D eigenvalue weighted by Gasteiger charge is -2.39. The number of nitriles is 1. The first-order valence-corrected chi connectivity index (χ1v) is 10.6. The number of carbonyl (C=O) groups excluding carboxylic acids is 2. The van der Waals surface area contributed by atoms with E-state index < -0.39 is 17.8 Å². The molecule has 0 bridgehead atoms. The molecule has 8 heteroatoms. The average Bonchev–Trinajstić information content (AvgIpc) is 2.83. The summed E-state index contributed by atoms with van der Waals surface area (Å²) < 4.78 is 18.9. The molecule has 0 saturated carbocycles. The highest BCUT2D eigenvalue weighted by molar-refractivity contribution is 5.86. The van der Waals surface area contributed by atoms with E-state index in [1.165, 1.54) is 13.2 Å². The second kappa shape index (κ2) is 9.37. The van der Waals surface area contributed by atoms with E-state index in [-0.39, 0.29) is 18.0 Å². The zero-order chi connectivity index (χ0) is 22.7. The van der Waals surface area contributed by atoms with Gasteiger partial charge in [0.15, 0.2) is 0 Å². The number of fused-ring (bicyclic) bond motifs is 1. The van der Waals surface area contributed by atoms with Gasteiger partial charge in [-0.15, -0.1) is 0 Å². The standard InChI is InChI=1S/C24H25FN4O3/c1-32-24(31)22-13-17-5-2-3-6-18(17)15-29(22)23(30)16-27-9-11-28(12-10-27)21-8-4-7-20(25)19(21)14-26/h2-8,22H,9-13,15-16H2,1H3. The number of nitrogens with zero attached hydrogens (tertiary/aromatic N) is 4. The van der Waals surface area contributed by atoms with E-state index in [1.54, 1.807) is 17.0 Å². The number of esters is 1. The summed E-state index contributed by atoms with van der Waals surface area (Å²) in [5.41, 5.74) is 2.73. The largest absolute Gasteiger partial charge is 0.467 e. The SMILES string of the molecule is COC(=O)C1Cc2ccccc2CN1C(=O)CN1CCN(c2cccc(F)c2C#N)CC1. The van der Waals surface area contributed by atoms with Crippen molar-refractivity contribution < 1.29 is 18.7 Å².